The van der Waals surface area contributed by atoms with E-state index in [1.165, 1.54) is 12.3 Å². The molecule has 0 aliphatic carbocycles. The fourth-order valence-corrected chi connectivity index (χ4v) is 2.93. The Morgan fingerprint density at radius 3 is 2.31 bits per heavy atom. The van der Waals surface area contributed by atoms with Gasteiger partial charge in [0.25, 0.3) is 5.91 Å². The Kier molecular flexibility index (Phi) is 8.39. The Balaban J connectivity index is 1.49. The van der Waals surface area contributed by atoms with Crippen molar-refractivity contribution < 1.29 is 32.3 Å². The molecule has 0 unspecified atom stereocenters. The van der Waals surface area contributed by atoms with Crippen LogP contribution in [0.5, 0.6) is 5.75 Å². The number of ether oxygens (including phenoxy) is 1. The number of rotatable bonds is 7. The van der Waals surface area contributed by atoms with E-state index < -0.39 is 23.6 Å². The number of aryl methyl sites for hydroxylation is 1. The van der Waals surface area contributed by atoms with E-state index in [1.54, 1.807) is 30.3 Å². The molecule has 0 saturated heterocycles. The third-order valence-corrected chi connectivity index (χ3v) is 4.56. The summed E-state index contributed by atoms with van der Waals surface area (Å²) in [7, 11) is 0. The Morgan fingerprint density at radius 1 is 0.889 bits per heavy atom. The maximum atomic E-state index is 12.8. The zero-order chi connectivity index (χ0) is 26.1. The number of hydrogen-bond donors (Lipinski definition) is 3. The van der Waals surface area contributed by atoms with Crippen molar-refractivity contribution >= 4 is 35.3 Å². The number of carbonyl (C=O) groups is 3. The quantitative estimate of drug-likeness (QED) is 0.259. The first-order valence-electron chi connectivity index (χ1n) is 10.5. The summed E-state index contributed by atoms with van der Waals surface area (Å²) in [6, 6.07) is 17.6. The predicted octanol–water partition coefficient (Wildman–Crippen LogP) is 4.12. The molecule has 3 amide bonds. The van der Waals surface area contributed by atoms with E-state index >= 15 is 0 Å². The first-order chi connectivity index (χ1) is 17.1. The second-order valence-electron chi connectivity index (χ2n) is 7.51. The summed E-state index contributed by atoms with van der Waals surface area (Å²) in [6.07, 6.45) is -3.36. The van der Waals surface area contributed by atoms with E-state index in [9.17, 15) is 27.6 Å². The summed E-state index contributed by atoms with van der Waals surface area (Å²) >= 11 is 0. The summed E-state index contributed by atoms with van der Waals surface area (Å²) in [6.45, 7) is 1.67. The fraction of sp³-hybridized carbons (Fsp3) is 0.120. The number of hydrogen-bond acceptors (Lipinski definition) is 5. The minimum atomic E-state index is -4.59. The van der Waals surface area contributed by atoms with Crippen LogP contribution in [0.25, 0.3) is 0 Å². The van der Waals surface area contributed by atoms with E-state index in [0.717, 1.165) is 17.7 Å². The van der Waals surface area contributed by atoms with E-state index in [4.69, 9.17) is 4.74 Å². The van der Waals surface area contributed by atoms with Gasteiger partial charge >= 0.3 is 18.0 Å². The zero-order valence-corrected chi connectivity index (χ0v) is 18.9. The molecule has 11 heteroatoms. The van der Waals surface area contributed by atoms with E-state index in [1.807, 2.05) is 30.5 Å². The van der Waals surface area contributed by atoms with Gasteiger partial charge in [-0.3, -0.25) is 14.4 Å². The molecule has 0 aliphatic heterocycles. The van der Waals surface area contributed by atoms with Crippen LogP contribution < -0.4 is 20.8 Å². The molecule has 3 rings (SSSR count). The molecular formula is C25H21F3N4O4. The number of hydrazone groups is 1. The molecule has 0 saturated carbocycles. The van der Waals surface area contributed by atoms with Gasteiger partial charge in [0, 0.05) is 11.4 Å². The topological polar surface area (TPSA) is 109 Å². The Morgan fingerprint density at radius 2 is 1.58 bits per heavy atom. The molecule has 3 aromatic carbocycles. The number of carbonyl (C=O) groups excluding carboxylic acids is 3. The number of anilines is 2. The van der Waals surface area contributed by atoms with Crippen molar-refractivity contribution in [2.45, 2.75) is 13.1 Å². The Labute approximate surface area is 204 Å². The van der Waals surface area contributed by atoms with Gasteiger partial charge in [-0.05, 0) is 60.5 Å². The van der Waals surface area contributed by atoms with Crippen LogP contribution in [0.1, 0.15) is 16.7 Å². The predicted molar refractivity (Wildman–Crippen MR) is 128 cm³/mol. The monoisotopic (exact) mass is 498 g/mol. The Bertz CT molecular complexity index is 1290. The first-order valence-corrected chi connectivity index (χ1v) is 10.5. The maximum absolute atomic E-state index is 12.8. The summed E-state index contributed by atoms with van der Waals surface area (Å²) in [4.78, 5) is 35.9. The van der Waals surface area contributed by atoms with Crippen molar-refractivity contribution in [1.82, 2.24) is 5.43 Å². The number of nitrogens with one attached hydrogen (secondary N) is 3. The van der Waals surface area contributed by atoms with E-state index in [0.29, 0.717) is 23.1 Å². The van der Waals surface area contributed by atoms with Crippen LogP contribution in [0, 0.1) is 6.92 Å². The van der Waals surface area contributed by atoms with Crippen LogP contribution in [0.15, 0.2) is 77.9 Å². The van der Waals surface area contributed by atoms with Crippen molar-refractivity contribution in [3.63, 3.8) is 0 Å². The van der Waals surface area contributed by atoms with Crippen molar-refractivity contribution in [2.75, 3.05) is 17.2 Å². The van der Waals surface area contributed by atoms with Crippen molar-refractivity contribution in [3.8, 4) is 5.75 Å². The van der Waals surface area contributed by atoms with Gasteiger partial charge in [-0.25, -0.2) is 5.43 Å². The lowest BCUT2D eigenvalue weighted by Gasteiger charge is -2.09. The standard InChI is InChI=1S/C25H21F3N4O4/c1-16-5-2-8-19(11-16)30-22(33)15-36-21-10-3-6-17(12-21)14-29-32-24(35)23(34)31-20-9-4-7-18(13-20)25(26,27)28/h2-14H,15H2,1H3,(H,30,33)(H,31,34)(H,32,35)/b29-14-. The third kappa shape index (κ3) is 7.97. The van der Waals surface area contributed by atoms with E-state index in [-0.39, 0.29) is 18.2 Å². The molecule has 8 nitrogen and oxygen atoms in total. The third-order valence-electron chi connectivity index (χ3n) is 4.56. The highest BCUT2D eigenvalue weighted by atomic mass is 19.4. The molecule has 0 radical (unpaired) electrons. The number of benzene rings is 3. The van der Waals surface area contributed by atoms with Crippen LogP contribution in [0.4, 0.5) is 24.5 Å². The highest BCUT2D eigenvalue weighted by Crippen LogP contribution is 2.30. The van der Waals surface area contributed by atoms with Crippen LogP contribution in [0.3, 0.4) is 0 Å². The molecule has 0 atom stereocenters. The number of amides is 3. The van der Waals surface area contributed by atoms with Crippen LogP contribution in [-0.2, 0) is 20.6 Å². The van der Waals surface area contributed by atoms with Gasteiger partial charge in [-0.2, -0.15) is 18.3 Å². The zero-order valence-electron chi connectivity index (χ0n) is 18.9. The highest BCUT2D eigenvalue weighted by molar-refractivity contribution is 6.39. The number of nitrogens with zero attached hydrogens (tertiary/aromatic N) is 1. The highest BCUT2D eigenvalue weighted by Gasteiger charge is 2.30. The van der Waals surface area contributed by atoms with Gasteiger partial charge in [0.15, 0.2) is 6.61 Å². The minimum absolute atomic E-state index is 0.190. The number of alkyl halides is 3. The molecule has 0 spiro atoms. The average molecular weight is 498 g/mol. The molecule has 0 fully saturated rings. The van der Waals surface area contributed by atoms with Crippen LogP contribution >= 0.6 is 0 Å². The second kappa shape index (κ2) is 11.6. The van der Waals surface area contributed by atoms with Crippen molar-refractivity contribution in [2.24, 2.45) is 5.10 Å². The fourth-order valence-electron chi connectivity index (χ4n) is 2.93. The van der Waals surface area contributed by atoms with Crippen LogP contribution in [-0.4, -0.2) is 30.5 Å². The largest absolute Gasteiger partial charge is 0.484 e. The lowest BCUT2D eigenvalue weighted by molar-refractivity contribution is -0.137. The summed E-state index contributed by atoms with van der Waals surface area (Å²) < 4.78 is 43.8. The molecule has 3 aromatic rings. The van der Waals surface area contributed by atoms with Gasteiger partial charge in [-0.1, -0.05) is 30.3 Å². The van der Waals surface area contributed by atoms with Crippen LogP contribution in [0.2, 0.25) is 0 Å². The van der Waals surface area contributed by atoms with E-state index in [2.05, 4.69) is 15.7 Å². The normalized spacial score (nSPS) is 11.1. The van der Waals surface area contributed by atoms with Gasteiger partial charge in [-0.15, -0.1) is 0 Å². The molecule has 0 aliphatic rings. The lowest BCUT2D eigenvalue weighted by atomic mass is 10.2. The molecule has 3 N–H and O–H groups in total. The summed E-state index contributed by atoms with van der Waals surface area (Å²) in [5.74, 6) is -2.35. The molecule has 186 valence electrons. The first kappa shape index (κ1) is 25.9. The molecule has 36 heavy (non-hydrogen) atoms. The molecule has 0 aromatic heterocycles. The lowest BCUT2D eigenvalue weighted by Crippen LogP contribution is -2.32. The minimum Gasteiger partial charge on any atom is -0.484 e. The van der Waals surface area contributed by atoms with Gasteiger partial charge in [0.05, 0.1) is 11.8 Å². The summed E-state index contributed by atoms with van der Waals surface area (Å²) in [5, 5.41) is 8.46. The second-order valence-corrected chi connectivity index (χ2v) is 7.51. The smallest absolute Gasteiger partial charge is 0.416 e. The van der Waals surface area contributed by atoms with Crippen molar-refractivity contribution in [3.05, 3.63) is 89.5 Å². The molecule has 0 bridgehead atoms. The average Bonchev–Trinajstić information content (AvgIpc) is 2.82. The maximum Gasteiger partial charge on any atom is 0.416 e. The van der Waals surface area contributed by atoms with Crippen molar-refractivity contribution in [1.29, 1.82) is 0 Å². The van der Waals surface area contributed by atoms with Gasteiger partial charge < -0.3 is 15.4 Å². The molecule has 0 heterocycles. The van der Waals surface area contributed by atoms with Gasteiger partial charge in [0.2, 0.25) is 0 Å². The SMILES string of the molecule is Cc1cccc(NC(=O)COc2cccc(/C=N\NC(=O)C(=O)Nc3cccc(C(F)(F)F)c3)c2)c1. The Hall–Kier alpha value is -4.67. The summed E-state index contributed by atoms with van der Waals surface area (Å²) in [5.41, 5.74) is 2.98. The number of halogens is 3. The molecular weight excluding hydrogens is 477 g/mol. The van der Waals surface area contributed by atoms with Gasteiger partial charge in [0.1, 0.15) is 5.75 Å².